The zero-order valence-electron chi connectivity index (χ0n) is 7.24. The first-order chi connectivity index (χ1) is 5.41. The van der Waals surface area contributed by atoms with Gasteiger partial charge in [0.05, 0.1) is 6.61 Å². The summed E-state index contributed by atoms with van der Waals surface area (Å²) in [6.45, 7) is 6.04. The van der Waals surface area contributed by atoms with Gasteiger partial charge >= 0.3 is 0 Å². The molecular weight excluding hydrogens is 253 g/mol. The average molecular weight is 271 g/mol. The Balaban J connectivity index is 2.69. The van der Waals surface area contributed by atoms with Gasteiger partial charge in [0, 0.05) is 24.1 Å². The predicted molar refractivity (Wildman–Crippen MR) is 57.5 cm³/mol. The highest BCUT2D eigenvalue weighted by molar-refractivity contribution is 14.1. The Labute approximate surface area is 83.2 Å². The topological polar surface area (TPSA) is 21.3 Å². The van der Waals surface area contributed by atoms with E-state index >= 15 is 0 Å². The molecule has 0 atom stereocenters. The van der Waals surface area contributed by atoms with E-state index in [0.717, 1.165) is 26.3 Å². The van der Waals surface area contributed by atoms with E-state index in [2.05, 4.69) is 34.8 Å². The van der Waals surface area contributed by atoms with E-state index in [9.17, 15) is 0 Å². The summed E-state index contributed by atoms with van der Waals surface area (Å²) in [6, 6.07) is 0. The summed E-state index contributed by atoms with van der Waals surface area (Å²) >= 11 is 2.36. The van der Waals surface area contributed by atoms with Gasteiger partial charge in [-0.15, -0.1) is 0 Å². The fraction of sp³-hybridized carbons (Fsp3) is 1.00. The van der Waals surface area contributed by atoms with E-state index in [-0.39, 0.29) is 0 Å². The van der Waals surface area contributed by atoms with Gasteiger partial charge < -0.3 is 10.1 Å². The van der Waals surface area contributed by atoms with Crippen LogP contribution in [0.4, 0.5) is 0 Å². The lowest BCUT2D eigenvalue weighted by Gasteiger charge is -2.03. The molecular formula is C8H18INO. The normalized spacial score (nSPS) is 10.4. The Morgan fingerprint density at radius 2 is 2.09 bits per heavy atom. The number of ether oxygens (including phenoxy) is 1. The lowest BCUT2D eigenvalue weighted by atomic mass is 10.4. The minimum Gasteiger partial charge on any atom is -0.380 e. The minimum atomic E-state index is 0.858. The highest BCUT2D eigenvalue weighted by atomic mass is 127. The van der Waals surface area contributed by atoms with Gasteiger partial charge in [-0.25, -0.2) is 0 Å². The first-order valence-electron chi connectivity index (χ1n) is 4.26. The minimum absolute atomic E-state index is 0.858. The summed E-state index contributed by atoms with van der Waals surface area (Å²) in [6.07, 6.45) is 2.41. The van der Waals surface area contributed by atoms with Crippen LogP contribution in [-0.4, -0.2) is 30.7 Å². The van der Waals surface area contributed by atoms with Crippen molar-refractivity contribution in [2.75, 3.05) is 30.7 Å². The van der Waals surface area contributed by atoms with Crippen LogP contribution in [0.2, 0.25) is 0 Å². The Morgan fingerprint density at radius 3 is 2.73 bits per heavy atom. The van der Waals surface area contributed by atoms with E-state index in [1.165, 1.54) is 17.3 Å². The molecule has 0 saturated heterocycles. The quantitative estimate of drug-likeness (QED) is 0.413. The molecule has 0 aromatic heterocycles. The average Bonchev–Trinajstić information content (AvgIpc) is 2.03. The SMILES string of the molecule is CCCCOCCNCCI. The van der Waals surface area contributed by atoms with E-state index in [4.69, 9.17) is 4.74 Å². The van der Waals surface area contributed by atoms with Crippen LogP contribution in [0, 0.1) is 0 Å². The zero-order valence-corrected chi connectivity index (χ0v) is 9.39. The summed E-state index contributed by atoms with van der Waals surface area (Å²) in [5.74, 6) is 0. The van der Waals surface area contributed by atoms with E-state index in [1.54, 1.807) is 0 Å². The second kappa shape index (κ2) is 10.7. The second-order valence-electron chi connectivity index (χ2n) is 2.40. The molecule has 0 aromatic carbocycles. The van der Waals surface area contributed by atoms with Gasteiger partial charge in [-0.1, -0.05) is 35.9 Å². The number of rotatable bonds is 8. The van der Waals surface area contributed by atoms with Crippen LogP contribution in [-0.2, 0) is 4.74 Å². The molecule has 0 aromatic rings. The maximum absolute atomic E-state index is 5.36. The maximum Gasteiger partial charge on any atom is 0.0590 e. The molecule has 3 heteroatoms. The van der Waals surface area contributed by atoms with Crippen molar-refractivity contribution in [3.63, 3.8) is 0 Å². The van der Waals surface area contributed by atoms with Gasteiger partial charge in [0.25, 0.3) is 0 Å². The fourth-order valence-electron chi connectivity index (χ4n) is 0.685. The Bertz CT molecular complexity index is 63.1. The fourth-order valence-corrected chi connectivity index (χ4v) is 1.07. The highest BCUT2D eigenvalue weighted by Crippen LogP contribution is 1.86. The maximum atomic E-state index is 5.36. The van der Waals surface area contributed by atoms with Crippen LogP contribution in [0.1, 0.15) is 19.8 Å². The van der Waals surface area contributed by atoms with E-state index in [0.29, 0.717) is 0 Å². The van der Waals surface area contributed by atoms with E-state index < -0.39 is 0 Å². The molecule has 0 spiro atoms. The van der Waals surface area contributed by atoms with Crippen LogP contribution >= 0.6 is 22.6 Å². The van der Waals surface area contributed by atoms with Gasteiger partial charge in [-0.3, -0.25) is 0 Å². The summed E-state index contributed by atoms with van der Waals surface area (Å²) < 4.78 is 6.53. The summed E-state index contributed by atoms with van der Waals surface area (Å²) in [4.78, 5) is 0. The van der Waals surface area contributed by atoms with E-state index in [1.807, 2.05) is 0 Å². The third-order valence-corrected chi connectivity index (χ3v) is 1.88. The van der Waals surface area contributed by atoms with Crippen molar-refractivity contribution in [2.24, 2.45) is 0 Å². The third-order valence-electron chi connectivity index (χ3n) is 1.34. The second-order valence-corrected chi connectivity index (χ2v) is 3.48. The Kier molecular flexibility index (Phi) is 11.3. The molecule has 0 rings (SSSR count). The summed E-state index contributed by atoms with van der Waals surface area (Å²) in [5.41, 5.74) is 0. The van der Waals surface area contributed by atoms with Crippen molar-refractivity contribution in [2.45, 2.75) is 19.8 Å². The first-order valence-corrected chi connectivity index (χ1v) is 5.78. The Morgan fingerprint density at radius 1 is 1.27 bits per heavy atom. The highest BCUT2D eigenvalue weighted by Gasteiger charge is 1.86. The van der Waals surface area contributed by atoms with Crippen LogP contribution in [0.3, 0.4) is 0 Å². The Hall–Kier alpha value is 0.650. The number of hydrogen-bond acceptors (Lipinski definition) is 2. The summed E-state index contributed by atoms with van der Waals surface area (Å²) in [5, 5.41) is 3.28. The van der Waals surface area contributed by atoms with Crippen LogP contribution in [0.25, 0.3) is 0 Å². The molecule has 11 heavy (non-hydrogen) atoms. The van der Waals surface area contributed by atoms with Crippen molar-refractivity contribution >= 4 is 22.6 Å². The van der Waals surface area contributed by atoms with Crippen molar-refractivity contribution < 1.29 is 4.74 Å². The van der Waals surface area contributed by atoms with Crippen molar-refractivity contribution in [3.8, 4) is 0 Å². The molecule has 0 bridgehead atoms. The number of alkyl halides is 1. The van der Waals surface area contributed by atoms with Crippen LogP contribution < -0.4 is 5.32 Å². The molecule has 0 radical (unpaired) electrons. The molecule has 0 fully saturated rings. The molecule has 0 heterocycles. The largest absolute Gasteiger partial charge is 0.380 e. The van der Waals surface area contributed by atoms with Gasteiger partial charge in [-0.2, -0.15) is 0 Å². The molecule has 1 N–H and O–H groups in total. The van der Waals surface area contributed by atoms with Crippen molar-refractivity contribution in [1.82, 2.24) is 5.32 Å². The van der Waals surface area contributed by atoms with Gasteiger partial charge in [-0.05, 0) is 6.42 Å². The number of hydrogen-bond donors (Lipinski definition) is 1. The summed E-state index contributed by atoms with van der Waals surface area (Å²) in [7, 11) is 0. The van der Waals surface area contributed by atoms with Gasteiger partial charge in [0.2, 0.25) is 0 Å². The predicted octanol–water partition coefficient (Wildman–Crippen LogP) is 1.83. The molecule has 0 aliphatic heterocycles. The third kappa shape index (κ3) is 10.7. The standard InChI is InChI=1S/C8H18INO/c1-2-3-7-11-8-6-10-5-4-9/h10H,2-8H2,1H3. The number of unbranched alkanes of at least 4 members (excludes halogenated alkanes) is 1. The monoisotopic (exact) mass is 271 g/mol. The van der Waals surface area contributed by atoms with Crippen molar-refractivity contribution in [3.05, 3.63) is 0 Å². The van der Waals surface area contributed by atoms with Crippen LogP contribution in [0.15, 0.2) is 0 Å². The molecule has 2 nitrogen and oxygen atoms in total. The molecule has 0 aliphatic carbocycles. The first kappa shape index (κ1) is 11.6. The van der Waals surface area contributed by atoms with Crippen molar-refractivity contribution in [1.29, 1.82) is 0 Å². The lowest BCUT2D eigenvalue weighted by Crippen LogP contribution is -2.21. The molecule has 68 valence electrons. The number of halogens is 1. The molecule has 0 saturated carbocycles. The van der Waals surface area contributed by atoms with Gasteiger partial charge in [0.1, 0.15) is 0 Å². The zero-order chi connectivity index (χ0) is 8.36. The van der Waals surface area contributed by atoms with Crippen LogP contribution in [0.5, 0.6) is 0 Å². The smallest absolute Gasteiger partial charge is 0.0590 e. The number of nitrogens with one attached hydrogen (secondary N) is 1. The molecule has 0 unspecified atom stereocenters. The molecule has 0 amide bonds. The van der Waals surface area contributed by atoms with Gasteiger partial charge in [0.15, 0.2) is 0 Å². The molecule has 0 aliphatic rings. The lowest BCUT2D eigenvalue weighted by molar-refractivity contribution is 0.133.